The molecule has 0 bridgehead atoms. The third-order valence-electron chi connectivity index (χ3n) is 3.81. The van der Waals surface area contributed by atoms with Gasteiger partial charge in [-0.05, 0) is 55.8 Å². The summed E-state index contributed by atoms with van der Waals surface area (Å²) < 4.78 is 25.7. The lowest BCUT2D eigenvalue weighted by molar-refractivity contribution is 0.214. The Bertz CT molecular complexity index is 725. The summed E-state index contributed by atoms with van der Waals surface area (Å²) in [6.07, 6.45) is 0. The fraction of sp³-hybridized carbons (Fsp3) is 0.368. The highest BCUT2D eigenvalue weighted by atomic mass is 79.9. The molecule has 0 aliphatic rings. The first kappa shape index (κ1) is 21.0. The van der Waals surface area contributed by atoms with Gasteiger partial charge >= 0.3 is 7.60 Å². The van der Waals surface area contributed by atoms with Crippen molar-refractivity contribution in [3.8, 4) is 0 Å². The topological polar surface area (TPSA) is 50.8 Å². The molecule has 0 saturated heterocycles. The number of hydrogen-bond donors (Lipinski definition) is 1. The van der Waals surface area contributed by atoms with Gasteiger partial charge in [0, 0.05) is 29.9 Å². The van der Waals surface area contributed by atoms with Crippen LogP contribution in [0.1, 0.15) is 25.2 Å². The van der Waals surface area contributed by atoms with E-state index in [9.17, 15) is 4.57 Å². The van der Waals surface area contributed by atoms with E-state index in [2.05, 4.69) is 21.2 Å². The van der Waals surface area contributed by atoms with Crippen molar-refractivity contribution in [3.63, 3.8) is 0 Å². The summed E-state index contributed by atoms with van der Waals surface area (Å²) in [5, 5.41) is 3.33. The van der Waals surface area contributed by atoms with E-state index in [1.807, 2.05) is 81.4 Å². The minimum atomic E-state index is -3.40. The molecule has 0 saturated carbocycles. The summed E-state index contributed by atoms with van der Waals surface area (Å²) in [7, 11) is 0.564. The first-order valence-electron chi connectivity index (χ1n) is 8.57. The van der Waals surface area contributed by atoms with Crippen LogP contribution in [0.3, 0.4) is 0 Å². The monoisotopic (exact) mass is 440 g/mol. The molecule has 0 fully saturated rings. The molecule has 0 aromatic heterocycles. The minimum absolute atomic E-state index is 0.311. The molecule has 0 aliphatic heterocycles. The Morgan fingerprint density at radius 3 is 2.00 bits per heavy atom. The lowest BCUT2D eigenvalue weighted by Crippen LogP contribution is -2.16. The molecule has 0 radical (unpaired) electrons. The largest absolute Gasteiger partial charge is 0.378 e. The molecule has 0 spiro atoms. The van der Waals surface area contributed by atoms with Crippen LogP contribution in [0.15, 0.2) is 53.0 Å². The number of nitrogens with one attached hydrogen (secondary N) is 1. The van der Waals surface area contributed by atoms with E-state index in [0.717, 1.165) is 21.4 Å². The van der Waals surface area contributed by atoms with Crippen molar-refractivity contribution in [2.75, 3.05) is 37.5 Å². The highest BCUT2D eigenvalue weighted by Gasteiger charge is 2.37. The lowest BCUT2D eigenvalue weighted by Gasteiger charge is -2.28. The van der Waals surface area contributed by atoms with Crippen LogP contribution >= 0.6 is 23.5 Å². The van der Waals surface area contributed by atoms with E-state index >= 15 is 0 Å². The fourth-order valence-corrected chi connectivity index (χ4v) is 4.75. The zero-order valence-electron chi connectivity index (χ0n) is 15.6. The molecule has 142 valence electrons. The number of halogens is 1. The highest BCUT2D eigenvalue weighted by molar-refractivity contribution is 9.10. The zero-order valence-corrected chi connectivity index (χ0v) is 18.1. The molecule has 1 N–H and O–H groups in total. The lowest BCUT2D eigenvalue weighted by atomic mass is 10.2. The minimum Gasteiger partial charge on any atom is -0.378 e. The van der Waals surface area contributed by atoms with E-state index in [4.69, 9.17) is 9.05 Å². The molecule has 0 aliphatic carbocycles. The molecule has 0 unspecified atom stereocenters. The van der Waals surface area contributed by atoms with Gasteiger partial charge < -0.3 is 19.3 Å². The van der Waals surface area contributed by atoms with Crippen LogP contribution in [0, 0.1) is 0 Å². The molecule has 7 heteroatoms. The summed E-state index contributed by atoms with van der Waals surface area (Å²) in [6.45, 7) is 4.26. The normalized spacial score (nSPS) is 12.7. The summed E-state index contributed by atoms with van der Waals surface area (Å²) in [5.41, 5.74) is 2.76. The van der Waals surface area contributed by atoms with Crippen LogP contribution in [0.4, 0.5) is 11.4 Å². The van der Waals surface area contributed by atoms with Crippen LogP contribution in [0.25, 0.3) is 0 Å². The van der Waals surface area contributed by atoms with Gasteiger partial charge in [0.2, 0.25) is 0 Å². The Balaban J connectivity index is 2.42. The second-order valence-electron chi connectivity index (χ2n) is 5.92. The van der Waals surface area contributed by atoms with Crippen molar-refractivity contribution in [2.24, 2.45) is 0 Å². The van der Waals surface area contributed by atoms with E-state index in [0.29, 0.717) is 13.2 Å². The molecule has 1 atom stereocenters. The van der Waals surface area contributed by atoms with Crippen molar-refractivity contribution in [1.82, 2.24) is 0 Å². The predicted molar refractivity (Wildman–Crippen MR) is 112 cm³/mol. The van der Waals surface area contributed by atoms with Crippen molar-refractivity contribution in [1.29, 1.82) is 0 Å². The van der Waals surface area contributed by atoms with E-state index in [1.165, 1.54) is 0 Å². The highest BCUT2D eigenvalue weighted by Crippen LogP contribution is 2.60. The molecular formula is C19H26BrN2O3P. The molecule has 26 heavy (non-hydrogen) atoms. The molecule has 0 heterocycles. The molecule has 2 aromatic carbocycles. The number of nitrogens with zero attached hydrogens (tertiary/aromatic N) is 1. The van der Waals surface area contributed by atoms with Crippen LogP contribution in [0.5, 0.6) is 0 Å². The fourth-order valence-electron chi connectivity index (χ4n) is 2.55. The summed E-state index contributed by atoms with van der Waals surface area (Å²) >= 11 is 3.43. The first-order chi connectivity index (χ1) is 12.4. The van der Waals surface area contributed by atoms with Crippen molar-refractivity contribution >= 4 is 34.9 Å². The van der Waals surface area contributed by atoms with Crippen LogP contribution < -0.4 is 10.2 Å². The molecule has 0 amide bonds. The SMILES string of the molecule is CCOP(=O)(OCC)[C@@H](Nc1ccc(Br)cc1)c1ccc(N(C)C)cc1. The standard InChI is InChI=1S/C19H26BrN2O3P/c1-5-24-26(23,25-6-2)19(21-17-11-9-16(20)10-12-17)15-7-13-18(14-8-15)22(3)4/h7-14,19,21H,5-6H2,1-4H3/t19-/m1/s1. The Labute approximate surface area is 164 Å². The van der Waals surface area contributed by atoms with Crippen molar-refractivity contribution in [2.45, 2.75) is 19.6 Å². The predicted octanol–water partition coefficient (Wildman–Crippen LogP) is 5.89. The summed E-state index contributed by atoms with van der Waals surface area (Å²) in [5.74, 6) is -0.597. The van der Waals surface area contributed by atoms with Crippen LogP contribution in [-0.4, -0.2) is 27.3 Å². The van der Waals surface area contributed by atoms with Gasteiger partial charge in [-0.2, -0.15) is 0 Å². The van der Waals surface area contributed by atoms with Crippen LogP contribution in [-0.2, 0) is 13.6 Å². The molecule has 2 aromatic rings. The average Bonchev–Trinajstić information content (AvgIpc) is 2.61. The quantitative estimate of drug-likeness (QED) is 0.492. The number of benzene rings is 2. The third kappa shape index (κ3) is 5.34. The maximum absolute atomic E-state index is 13.5. The van der Waals surface area contributed by atoms with Crippen LogP contribution in [0.2, 0.25) is 0 Å². The molecular weight excluding hydrogens is 415 g/mol. The zero-order chi connectivity index (χ0) is 19.2. The molecule has 5 nitrogen and oxygen atoms in total. The van der Waals surface area contributed by atoms with Crippen molar-refractivity contribution < 1.29 is 13.6 Å². The van der Waals surface area contributed by atoms with Gasteiger partial charge in [0.15, 0.2) is 5.78 Å². The number of hydrogen-bond acceptors (Lipinski definition) is 5. The summed E-state index contributed by atoms with van der Waals surface area (Å²) in [6, 6.07) is 15.6. The Morgan fingerprint density at radius 1 is 1.00 bits per heavy atom. The first-order valence-corrected chi connectivity index (χ1v) is 11.0. The van der Waals surface area contributed by atoms with Gasteiger partial charge in [0.05, 0.1) is 13.2 Å². The van der Waals surface area contributed by atoms with Gasteiger partial charge in [-0.1, -0.05) is 28.1 Å². The van der Waals surface area contributed by atoms with Gasteiger partial charge in [0.1, 0.15) is 0 Å². The second-order valence-corrected chi connectivity index (χ2v) is 8.94. The smallest absolute Gasteiger partial charge is 0.357 e. The summed E-state index contributed by atoms with van der Waals surface area (Å²) in [4.78, 5) is 2.02. The maximum Gasteiger partial charge on any atom is 0.357 e. The third-order valence-corrected chi connectivity index (χ3v) is 6.63. The average molecular weight is 441 g/mol. The van der Waals surface area contributed by atoms with Gasteiger partial charge in [-0.25, -0.2) is 0 Å². The van der Waals surface area contributed by atoms with Crippen molar-refractivity contribution in [3.05, 3.63) is 58.6 Å². The number of anilines is 2. The molecule has 2 rings (SSSR count). The Kier molecular flexibility index (Phi) is 7.71. The van der Waals surface area contributed by atoms with E-state index in [1.54, 1.807) is 0 Å². The Morgan fingerprint density at radius 2 is 1.54 bits per heavy atom. The van der Waals surface area contributed by atoms with Gasteiger partial charge in [-0.3, -0.25) is 4.57 Å². The van der Waals surface area contributed by atoms with Gasteiger partial charge in [0.25, 0.3) is 0 Å². The second kappa shape index (κ2) is 9.56. The maximum atomic E-state index is 13.5. The van der Waals surface area contributed by atoms with Gasteiger partial charge in [-0.15, -0.1) is 0 Å². The van der Waals surface area contributed by atoms with E-state index in [-0.39, 0.29) is 0 Å². The van der Waals surface area contributed by atoms with E-state index < -0.39 is 13.4 Å². The Hall–Kier alpha value is -1.33. The number of rotatable bonds is 9.